The van der Waals surface area contributed by atoms with Crippen molar-refractivity contribution < 1.29 is 33.4 Å². The zero-order valence-electron chi connectivity index (χ0n) is 13.7. The minimum Gasteiger partial charge on any atom is -0.386 e. The number of rotatable bonds is 4. The van der Waals surface area contributed by atoms with Gasteiger partial charge >= 0.3 is 23.9 Å². The highest BCUT2D eigenvalue weighted by atomic mass is 16.6. The van der Waals surface area contributed by atoms with Gasteiger partial charge in [0.1, 0.15) is 0 Å². The quantitative estimate of drug-likeness (QED) is 0.354. The van der Waals surface area contributed by atoms with E-state index in [-0.39, 0.29) is 33.6 Å². The Labute approximate surface area is 147 Å². The van der Waals surface area contributed by atoms with Gasteiger partial charge in [0.05, 0.1) is 22.3 Å². The molecule has 0 bridgehead atoms. The Morgan fingerprint density at radius 3 is 2.27 bits per heavy atom. The molecule has 0 aromatic heterocycles. The van der Waals surface area contributed by atoms with E-state index < -0.39 is 23.9 Å². The summed E-state index contributed by atoms with van der Waals surface area (Å²) >= 11 is 0. The van der Waals surface area contributed by atoms with Crippen molar-refractivity contribution in [2.24, 2.45) is 0 Å². The predicted octanol–water partition coefficient (Wildman–Crippen LogP) is 2.08. The van der Waals surface area contributed by atoms with Gasteiger partial charge in [-0.3, -0.25) is 4.79 Å². The van der Waals surface area contributed by atoms with Crippen molar-refractivity contribution >= 4 is 29.7 Å². The molecule has 0 aliphatic carbocycles. The van der Waals surface area contributed by atoms with Gasteiger partial charge in [-0.1, -0.05) is 25.6 Å². The van der Waals surface area contributed by atoms with E-state index in [1.54, 1.807) is 6.92 Å². The van der Waals surface area contributed by atoms with E-state index in [1.165, 1.54) is 30.4 Å². The zero-order chi connectivity index (χ0) is 19.0. The SMILES string of the molecule is C=C1C(=O)OC(=O)/C1=C/C=C(\CC)C(=O)c1ccc2c(c1)C(=O)OC2=O. The monoisotopic (exact) mass is 352 g/mol. The van der Waals surface area contributed by atoms with Crippen LogP contribution in [0.2, 0.25) is 0 Å². The van der Waals surface area contributed by atoms with Crippen LogP contribution in [-0.2, 0) is 19.1 Å². The van der Waals surface area contributed by atoms with Crippen LogP contribution in [0.4, 0.5) is 0 Å². The molecule has 0 amide bonds. The van der Waals surface area contributed by atoms with Crippen molar-refractivity contribution in [1.82, 2.24) is 0 Å². The van der Waals surface area contributed by atoms with E-state index in [9.17, 15) is 24.0 Å². The topological polar surface area (TPSA) is 104 Å². The molecule has 0 radical (unpaired) electrons. The normalized spacial score (nSPS) is 18.3. The van der Waals surface area contributed by atoms with Crippen LogP contribution in [-0.4, -0.2) is 29.7 Å². The summed E-state index contributed by atoms with van der Waals surface area (Å²) in [4.78, 5) is 58.6. The smallest absolute Gasteiger partial charge is 0.346 e. The molecule has 0 unspecified atom stereocenters. The number of carbonyl (C=O) groups is 5. The van der Waals surface area contributed by atoms with Crippen LogP contribution in [0.15, 0.2) is 53.6 Å². The van der Waals surface area contributed by atoms with Gasteiger partial charge in [0.2, 0.25) is 0 Å². The molecule has 0 N–H and O–H groups in total. The maximum absolute atomic E-state index is 12.7. The van der Waals surface area contributed by atoms with E-state index >= 15 is 0 Å². The molecule has 7 heteroatoms. The van der Waals surface area contributed by atoms with Crippen molar-refractivity contribution in [3.8, 4) is 0 Å². The highest BCUT2D eigenvalue weighted by Gasteiger charge is 2.32. The number of ketones is 1. The van der Waals surface area contributed by atoms with Crippen molar-refractivity contribution in [1.29, 1.82) is 0 Å². The summed E-state index contributed by atoms with van der Waals surface area (Å²) < 4.78 is 8.92. The van der Waals surface area contributed by atoms with Crippen LogP contribution in [0.3, 0.4) is 0 Å². The molecule has 0 saturated carbocycles. The number of Topliss-reactive ketones (excluding diaryl/α,β-unsaturated/α-hetero) is 1. The van der Waals surface area contributed by atoms with Gasteiger partial charge in [0.15, 0.2) is 5.78 Å². The lowest BCUT2D eigenvalue weighted by molar-refractivity contribution is -0.149. The number of hydrogen-bond acceptors (Lipinski definition) is 7. The Kier molecular flexibility index (Phi) is 4.21. The predicted molar refractivity (Wildman–Crippen MR) is 87.2 cm³/mol. The van der Waals surface area contributed by atoms with Gasteiger partial charge in [0, 0.05) is 5.56 Å². The van der Waals surface area contributed by atoms with Gasteiger partial charge in [-0.05, 0) is 30.2 Å². The van der Waals surface area contributed by atoms with Crippen LogP contribution < -0.4 is 0 Å². The van der Waals surface area contributed by atoms with Gasteiger partial charge < -0.3 is 9.47 Å². The third-order valence-electron chi connectivity index (χ3n) is 4.01. The van der Waals surface area contributed by atoms with E-state index in [2.05, 4.69) is 16.1 Å². The minimum absolute atomic E-state index is 0.0168. The van der Waals surface area contributed by atoms with Crippen molar-refractivity contribution in [2.45, 2.75) is 13.3 Å². The maximum Gasteiger partial charge on any atom is 0.346 e. The van der Waals surface area contributed by atoms with Gasteiger partial charge in [-0.25, -0.2) is 19.2 Å². The van der Waals surface area contributed by atoms with Gasteiger partial charge in [-0.2, -0.15) is 0 Å². The molecule has 0 spiro atoms. The van der Waals surface area contributed by atoms with Crippen LogP contribution in [0.5, 0.6) is 0 Å². The number of esters is 4. The van der Waals surface area contributed by atoms with E-state index in [0.29, 0.717) is 12.0 Å². The lowest BCUT2D eigenvalue weighted by Crippen LogP contribution is -2.05. The molecule has 26 heavy (non-hydrogen) atoms. The number of cyclic esters (lactones) is 4. The van der Waals surface area contributed by atoms with Crippen molar-refractivity contribution in [2.75, 3.05) is 0 Å². The molecule has 0 atom stereocenters. The Balaban J connectivity index is 1.93. The molecule has 1 aromatic carbocycles. The molecule has 2 aliphatic heterocycles. The first-order valence-corrected chi connectivity index (χ1v) is 7.65. The summed E-state index contributed by atoms with van der Waals surface area (Å²) in [5, 5.41) is 0. The molecule has 2 aliphatic rings. The summed E-state index contributed by atoms with van der Waals surface area (Å²) in [6.45, 7) is 5.20. The second-order valence-corrected chi connectivity index (χ2v) is 5.55. The number of hydrogen-bond donors (Lipinski definition) is 0. The largest absolute Gasteiger partial charge is 0.386 e. The fourth-order valence-corrected chi connectivity index (χ4v) is 2.55. The molecule has 1 aromatic rings. The number of fused-ring (bicyclic) bond motifs is 1. The maximum atomic E-state index is 12.7. The third kappa shape index (κ3) is 2.79. The Bertz CT molecular complexity index is 976. The highest BCUT2D eigenvalue weighted by molar-refractivity contribution is 6.18. The van der Waals surface area contributed by atoms with Crippen LogP contribution >= 0.6 is 0 Å². The fourth-order valence-electron chi connectivity index (χ4n) is 2.55. The Morgan fingerprint density at radius 1 is 1.00 bits per heavy atom. The van der Waals surface area contributed by atoms with Gasteiger partial charge in [0.25, 0.3) is 0 Å². The fraction of sp³-hybridized carbons (Fsp3) is 0.105. The van der Waals surface area contributed by atoms with Crippen molar-refractivity contribution in [3.05, 3.63) is 70.3 Å². The van der Waals surface area contributed by atoms with E-state index in [0.717, 1.165) is 0 Å². The minimum atomic E-state index is -0.821. The summed E-state index contributed by atoms with van der Waals surface area (Å²) in [7, 11) is 0. The molecule has 3 rings (SSSR count). The molecular weight excluding hydrogens is 340 g/mol. The van der Waals surface area contributed by atoms with Crippen LogP contribution in [0.25, 0.3) is 0 Å². The molecule has 1 saturated heterocycles. The standard InChI is InChI=1S/C19H12O7/c1-3-10(4-6-12-9(2)16(21)25-17(12)22)15(20)11-5-7-13-14(8-11)19(24)26-18(13)23/h4-8H,2-3H2,1H3/b10-4+,12-6+. The van der Waals surface area contributed by atoms with E-state index in [4.69, 9.17) is 0 Å². The molecular formula is C19H12O7. The average molecular weight is 352 g/mol. The molecule has 7 nitrogen and oxygen atoms in total. The Hall–Kier alpha value is -3.61. The first kappa shape index (κ1) is 17.2. The van der Waals surface area contributed by atoms with Crippen molar-refractivity contribution in [3.63, 3.8) is 0 Å². The summed E-state index contributed by atoms with van der Waals surface area (Å²) in [6.07, 6.45) is 3.04. The number of allylic oxidation sites excluding steroid dienone is 3. The first-order chi connectivity index (χ1) is 12.3. The van der Waals surface area contributed by atoms with Crippen LogP contribution in [0, 0.1) is 0 Å². The summed E-state index contributed by atoms with van der Waals surface area (Å²) in [5.41, 5.74) is 0.581. The second kappa shape index (κ2) is 6.36. The Morgan fingerprint density at radius 2 is 1.65 bits per heavy atom. The first-order valence-electron chi connectivity index (χ1n) is 7.65. The number of carbonyl (C=O) groups excluding carboxylic acids is 5. The second-order valence-electron chi connectivity index (χ2n) is 5.55. The van der Waals surface area contributed by atoms with Crippen LogP contribution in [0.1, 0.15) is 44.4 Å². The lowest BCUT2D eigenvalue weighted by atomic mass is 9.97. The molecule has 1 fully saturated rings. The highest BCUT2D eigenvalue weighted by Crippen LogP contribution is 2.24. The number of benzene rings is 1. The van der Waals surface area contributed by atoms with Gasteiger partial charge in [-0.15, -0.1) is 0 Å². The lowest BCUT2D eigenvalue weighted by Gasteiger charge is -2.04. The average Bonchev–Trinajstić information content (AvgIpc) is 3.04. The number of ether oxygens (including phenoxy) is 2. The zero-order valence-corrected chi connectivity index (χ0v) is 13.7. The molecule has 130 valence electrons. The molecule has 2 heterocycles. The summed E-state index contributed by atoms with van der Waals surface area (Å²) in [6, 6.07) is 4.08. The van der Waals surface area contributed by atoms with E-state index in [1.807, 2.05) is 0 Å². The third-order valence-corrected chi connectivity index (χ3v) is 4.01. The summed E-state index contributed by atoms with van der Waals surface area (Å²) in [5.74, 6) is -3.57.